The van der Waals surface area contributed by atoms with Crippen LogP contribution in [0.4, 0.5) is 0 Å². The molecule has 0 saturated carbocycles. The topological polar surface area (TPSA) is 77.5 Å². The fourth-order valence-electron chi connectivity index (χ4n) is 2.51. The van der Waals surface area contributed by atoms with E-state index in [1.165, 1.54) is 0 Å². The molecule has 0 saturated heterocycles. The molecule has 3 aromatic rings. The van der Waals surface area contributed by atoms with Gasteiger partial charge in [-0.1, -0.05) is 25.1 Å². The normalized spacial score (nSPS) is 10.9. The van der Waals surface area contributed by atoms with E-state index in [1.54, 1.807) is 6.21 Å². The number of hydrogen-bond donors (Lipinski definition) is 2. The number of nitrogens with one attached hydrogen (secondary N) is 1. The summed E-state index contributed by atoms with van der Waals surface area (Å²) in [6.45, 7) is 2.78. The minimum atomic E-state index is 0.112. The zero-order valence-corrected chi connectivity index (χ0v) is 15.8. The molecule has 138 valence electrons. The van der Waals surface area contributed by atoms with E-state index in [9.17, 15) is 0 Å². The second-order valence-corrected chi connectivity index (χ2v) is 6.26. The Labute approximate surface area is 163 Å². The number of rotatable bonds is 7. The second-order valence-electron chi connectivity index (χ2n) is 5.82. The van der Waals surface area contributed by atoms with Gasteiger partial charge in [-0.05, 0) is 55.0 Å². The van der Waals surface area contributed by atoms with Gasteiger partial charge in [-0.2, -0.15) is 10.2 Å². The van der Waals surface area contributed by atoms with Gasteiger partial charge < -0.3 is 10.5 Å². The molecule has 0 aliphatic heterocycles. The van der Waals surface area contributed by atoms with Crippen molar-refractivity contribution in [2.75, 3.05) is 6.61 Å². The van der Waals surface area contributed by atoms with Crippen molar-refractivity contribution in [2.24, 2.45) is 10.8 Å². The molecule has 2 aromatic carbocycles. The molecular weight excluding hydrogens is 358 g/mol. The number of benzene rings is 2. The molecule has 6 nitrogen and oxygen atoms in total. The van der Waals surface area contributed by atoms with Gasteiger partial charge in [0.15, 0.2) is 5.11 Å². The lowest BCUT2D eigenvalue weighted by atomic mass is 10.1. The summed E-state index contributed by atoms with van der Waals surface area (Å²) in [5, 5.41) is 8.92. The molecule has 0 unspecified atom stereocenters. The third-order valence-corrected chi connectivity index (χ3v) is 3.83. The zero-order valence-electron chi connectivity index (χ0n) is 15.0. The minimum absolute atomic E-state index is 0.112. The average molecular weight is 379 g/mol. The fourth-order valence-corrected chi connectivity index (χ4v) is 2.57. The highest BCUT2D eigenvalue weighted by Crippen LogP contribution is 2.25. The largest absolute Gasteiger partial charge is 0.494 e. The molecule has 0 fully saturated rings. The summed E-state index contributed by atoms with van der Waals surface area (Å²) >= 11 is 4.79. The highest BCUT2D eigenvalue weighted by atomic mass is 32.1. The SMILES string of the molecule is CCCOc1ccc(-c2nn(-c3ccccc3)cc2C=NNC(N)=S)cc1. The van der Waals surface area contributed by atoms with Gasteiger partial charge in [-0.25, -0.2) is 4.68 Å². The van der Waals surface area contributed by atoms with Crippen molar-refractivity contribution in [1.82, 2.24) is 15.2 Å². The van der Waals surface area contributed by atoms with Crippen LogP contribution in [0, 0.1) is 0 Å². The lowest BCUT2D eigenvalue weighted by molar-refractivity contribution is 0.317. The summed E-state index contributed by atoms with van der Waals surface area (Å²) in [7, 11) is 0. The standard InChI is InChI=1S/C20H21N5OS/c1-2-12-26-18-10-8-15(9-11-18)19-16(13-22-23-20(21)27)14-25(24-19)17-6-4-3-5-7-17/h3-11,13-14H,2,12H2,1H3,(H3,21,23,27). The lowest BCUT2D eigenvalue weighted by Crippen LogP contribution is -2.24. The number of thiocarbonyl (C=S) groups is 1. The molecule has 0 amide bonds. The van der Waals surface area contributed by atoms with E-state index in [0.29, 0.717) is 6.61 Å². The summed E-state index contributed by atoms with van der Waals surface area (Å²) < 4.78 is 7.47. The Balaban J connectivity index is 1.95. The van der Waals surface area contributed by atoms with Crippen LogP contribution in [0.5, 0.6) is 5.75 Å². The van der Waals surface area contributed by atoms with Crippen molar-refractivity contribution in [3.05, 3.63) is 66.4 Å². The number of aromatic nitrogens is 2. The third kappa shape index (κ3) is 4.92. The monoisotopic (exact) mass is 379 g/mol. The Hall–Kier alpha value is -3.19. The van der Waals surface area contributed by atoms with Crippen molar-refractivity contribution >= 4 is 23.5 Å². The lowest BCUT2D eigenvalue weighted by Gasteiger charge is -2.05. The molecule has 3 rings (SSSR count). The Morgan fingerprint density at radius 1 is 1.22 bits per heavy atom. The van der Waals surface area contributed by atoms with Gasteiger partial charge in [-0.15, -0.1) is 0 Å². The van der Waals surface area contributed by atoms with Gasteiger partial charge in [0, 0.05) is 17.3 Å². The predicted octanol–water partition coefficient (Wildman–Crippen LogP) is 3.50. The molecule has 1 heterocycles. The molecule has 27 heavy (non-hydrogen) atoms. The molecule has 7 heteroatoms. The van der Waals surface area contributed by atoms with Crippen LogP contribution in [-0.2, 0) is 0 Å². The Morgan fingerprint density at radius 3 is 2.63 bits per heavy atom. The van der Waals surface area contributed by atoms with Crippen LogP contribution in [0.15, 0.2) is 65.9 Å². The molecule has 0 aliphatic carbocycles. The van der Waals surface area contributed by atoms with Crippen molar-refractivity contribution in [2.45, 2.75) is 13.3 Å². The molecule has 0 atom stereocenters. The number of para-hydroxylation sites is 1. The smallest absolute Gasteiger partial charge is 0.184 e. The highest BCUT2D eigenvalue weighted by Gasteiger charge is 2.11. The number of nitrogens with two attached hydrogens (primary N) is 1. The summed E-state index contributed by atoms with van der Waals surface area (Å²) in [5.41, 5.74) is 11.6. The van der Waals surface area contributed by atoms with Crippen LogP contribution in [0.3, 0.4) is 0 Å². The first-order chi connectivity index (χ1) is 13.2. The first-order valence-electron chi connectivity index (χ1n) is 8.64. The fraction of sp³-hybridized carbons (Fsp3) is 0.150. The molecule has 1 aromatic heterocycles. The van der Waals surface area contributed by atoms with Crippen molar-refractivity contribution in [1.29, 1.82) is 0 Å². The first-order valence-corrected chi connectivity index (χ1v) is 9.05. The van der Waals surface area contributed by atoms with Gasteiger partial charge in [0.1, 0.15) is 11.4 Å². The Bertz CT molecular complexity index is 919. The highest BCUT2D eigenvalue weighted by molar-refractivity contribution is 7.80. The van der Waals surface area contributed by atoms with Gasteiger partial charge in [0.05, 0.1) is 18.5 Å². The van der Waals surface area contributed by atoms with Crippen molar-refractivity contribution < 1.29 is 4.74 Å². The Kier molecular flexibility index (Phi) is 6.17. The molecule has 0 aliphatic rings. The summed E-state index contributed by atoms with van der Waals surface area (Å²) in [5.74, 6) is 0.841. The van der Waals surface area contributed by atoms with E-state index in [0.717, 1.165) is 34.7 Å². The van der Waals surface area contributed by atoms with Gasteiger partial charge >= 0.3 is 0 Å². The van der Waals surface area contributed by atoms with E-state index in [4.69, 9.17) is 27.8 Å². The Morgan fingerprint density at radius 2 is 1.96 bits per heavy atom. The second kappa shape index (κ2) is 8.95. The molecule has 0 bridgehead atoms. The average Bonchev–Trinajstić information content (AvgIpc) is 3.11. The van der Waals surface area contributed by atoms with E-state index >= 15 is 0 Å². The number of ether oxygens (including phenoxy) is 1. The number of hydrazone groups is 1. The molecule has 0 spiro atoms. The van der Waals surface area contributed by atoms with Gasteiger partial charge in [-0.3, -0.25) is 5.43 Å². The zero-order chi connectivity index (χ0) is 19.1. The van der Waals surface area contributed by atoms with Crippen LogP contribution in [0.25, 0.3) is 16.9 Å². The maximum atomic E-state index is 5.65. The van der Waals surface area contributed by atoms with Gasteiger partial charge in [0.25, 0.3) is 0 Å². The summed E-state index contributed by atoms with van der Waals surface area (Å²) in [4.78, 5) is 0. The number of hydrogen-bond acceptors (Lipinski definition) is 4. The summed E-state index contributed by atoms with van der Waals surface area (Å²) in [6, 6.07) is 17.8. The minimum Gasteiger partial charge on any atom is -0.494 e. The van der Waals surface area contributed by atoms with Crippen LogP contribution in [0.2, 0.25) is 0 Å². The van der Waals surface area contributed by atoms with Crippen LogP contribution in [-0.4, -0.2) is 27.7 Å². The maximum absolute atomic E-state index is 5.65. The van der Waals surface area contributed by atoms with Crippen LogP contribution in [0.1, 0.15) is 18.9 Å². The van der Waals surface area contributed by atoms with E-state index in [2.05, 4.69) is 17.5 Å². The molecule has 3 N–H and O–H groups in total. The molecular formula is C20H21N5OS. The van der Waals surface area contributed by atoms with E-state index in [-0.39, 0.29) is 5.11 Å². The number of nitrogens with zero attached hydrogens (tertiary/aromatic N) is 3. The summed E-state index contributed by atoms with van der Waals surface area (Å²) in [6.07, 6.45) is 4.54. The third-order valence-electron chi connectivity index (χ3n) is 3.74. The maximum Gasteiger partial charge on any atom is 0.184 e. The molecule has 0 radical (unpaired) electrons. The van der Waals surface area contributed by atoms with E-state index < -0.39 is 0 Å². The van der Waals surface area contributed by atoms with E-state index in [1.807, 2.05) is 65.5 Å². The first kappa shape index (κ1) is 18.6. The quantitative estimate of drug-likeness (QED) is 0.373. The van der Waals surface area contributed by atoms with Crippen molar-refractivity contribution in [3.8, 4) is 22.7 Å². The van der Waals surface area contributed by atoms with Crippen LogP contribution >= 0.6 is 12.2 Å². The van der Waals surface area contributed by atoms with Crippen molar-refractivity contribution in [3.63, 3.8) is 0 Å². The predicted molar refractivity (Wildman–Crippen MR) is 112 cm³/mol. The van der Waals surface area contributed by atoms with Gasteiger partial charge in [0.2, 0.25) is 0 Å². The van der Waals surface area contributed by atoms with Crippen LogP contribution < -0.4 is 15.9 Å².